The van der Waals surface area contributed by atoms with Crippen molar-refractivity contribution in [2.75, 3.05) is 0 Å². The summed E-state index contributed by atoms with van der Waals surface area (Å²) in [5.74, 6) is -3.84. The number of hydrogen-bond donors (Lipinski definition) is 1. The molecule has 9 heteroatoms. The first-order valence-corrected chi connectivity index (χ1v) is 12.0. The molecule has 0 amide bonds. The first-order valence-electron chi connectivity index (χ1n) is 10.5. The molecule has 1 N–H and O–H groups in total. The molecule has 7 nitrogen and oxygen atoms in total. The predicted molar refractivity (Wildman–Crippen MR) is 110 cm³/mol. The smallest absolute Gasteiger partial charge is 0.549 e. The third-order valence-electron chi connectivity index (χ3n) is 5.37. The second-order valence-corrected chi connectivity index (χ2v) is 9.19. The maximum Gasteiger partial charge on any atom is 2.00 e. The maximum atomic E-state index is 12.0. The summed E-state index contributed by atoms with van der Waals surface area (Å²) in [5, 5.41) is 21.0. The molecule has 0 fully saturated rings. The van der Waals surface area contributed by atoms with Gasteiger partial charge >= 0.3 is 23.1 Å². The molecule has 1 atom stereocenters. The summed E-state index contributed by atoms with van der Waals surface area (Å²) in [7, 11) is -5.15. The fourth-order valence-electron chi connectivity index (χ4n) is 3.77. The van der Waals surface area contributed by atoms with Gasteiger partial charge in [-0.2, -0.15) is 8.42 Å². The second-order valence-electron chi connectivity index (χ2n) is 7.69. The largest absolute Gasteiger partial charge is 2.00 e. The molecule has 0 aromatic heterocycles. The zero-order chi connectivity index (χ0) is 21.6. The van der Waals surface area contributed by atoms with Gasteiger partial charge in [0.2, 0.25) is 0 Å². The molecule has 0 aromatic carbocycles. The van der Waals surface area contributed by atoms with Gasteiger partial charge in [-0.3, -0.25) is 4.55 Å². The van der Waals surface area contributed by atoms with Crippen LogP contribution in [-0.4, -0.2) is 53.2 Å². The molecule has 0 saturated carbocycles. The van der Waals surface area contributed by atoms with Crippen LogP contribution in [0.1, 0.15) is 104 Å². The van der Waals surface area contributed by atoms with E-state index in [4.69, 9.17) is 0 Å². The van der Waals surface area contributed by atoms with Gasteiger partial charge in [-0.25, -0.2) is 0 Å². The van der Waals surface area contributed by atoms with E-state index in [0.29, 0.717) is 25.7 Å². The van der Waals surface area contributed by atoms with Crippen LogP contribution in [0.4, 0.5) is 0 Å². The van der Waals surface area contributed by atoms with Gasteiger partial charge in [0, 0.05) is 11.4 Å². The van der Waals surface area contributed by atoms with E-state index in [0.717, 1.165) is 51.4 Å². The van der Waals surface area contributed by atoms with Crippen LogP contribution in [0.15, 0.2) is 0 Å². The van der Waals surface area contributed by atoms with Gasteiger partial charge in [0.1, 0.15) is 5.25 Å². The first kappa shape index (κ1) is 30.8. The Kier molecular flexibility index (Phi) is 17.3. The molecule has 0 heterocycles. The van der Waals surface area contributed by atoms with Gasteiger partial charge in [0.15, 0.2) is 0 Å². The molecule has 0 aromatic rings. The Labute approximate surface area is 191 Å². The Bertz CT molecular complexity index is 547. The van der Waals surface area contributed by atoms with E-state index in [-0.39, 0.29) is 35.9 Å². The van der Waals surface area contributed by atoms with Crippen molar-refractivity contribution in [2.24, 2.45) is 5.41 Å². The van der Waals surface area contributed by atoms with Crippen molar-refractivity contribution < 1.29 is 32.8 Å². The van der Waals surface area contributed by atoms with Crippen LogP contribution in [0.25, 0.3) is 0 Å². The zero-order valence-corrected chi connectivity index (χ0v) is 20.2. The molecule has 0 radical (unpaired) electrons. The normalized spacial score (nSPS) is 12.9. The SMILES string of the molecule is CCCCCCCCC(CCCCCCCC)(C(=O)[O-])C(C(=O)[O-])S(=O)(=O)O.[Mg+2]. The minimum Gasteiger partial charge on any atom is -0.549 e. The van der Waals surface area contributed by atoms with E-state index >= 15 is 0 Å². The molecule has 0 saturated heterocycles. The van der Waals surface area contributed by atoms with Crippen molar-refractivity contribution in [3.05, 3.63) is 0 Å². The monoisotopic (exact) mass is 444 g/mol. The van der Waals surface area contributed by atoms with E-state index in [1.165, 1.54) is 0 Å². The number of carbonyl (C=O) groups is 2. The van der Waals surface area contributed by atoms with Crippen molar-refractivity contribution in [3.63, 3.8) is 0 Å². The van der Waals surface area contributed by atoms with Gasteiger partial charge in [-0.15, -0.1) is 0 Å². The number of carboxylic acids is 2. The zero-order valence-electron chi connectivity index (χ0n) is 18.0. The number of carbonyl (C=O) groups excluding carboxylic acids is 2. The number of unbranched alkanes of at least 4 members (excludes halogenated alkanes) is 10. The fourth-order valence-corrected chi connectivity index (χ4v) is 4.92. The van der Waals surface area contributed by atoms with Crippen molar-refractivity contribution in [1.82, 2.24) is 0 Å². The van der Waals surface area contributed by atoms with E-state index in [9.17, 15) is 32.8 Å². The summed E-state index contributed by atoms with van der Waals surface area (Å²) in [6, 6.07) is 0. The molecular formula is C20H36MgO7S. The fraction of sp³-hybridized carbons (Fsp3) is 0.900. The Morgan fingerprint density at radius 2 is 1.14 bits per heavy atom. The number of rotatable bonds is 18. The van der Waals surface area contributed by atoms with Crippen LogP contribution in [0.3, 0.4) is 0 Å². The van der Waals surface area contributed by atoms with Crippen LogP contribution >= 0.6 is 0 Å². The molecule has 0 aliphatic carbocycles. The molecule has 0 bridgehead atoms. The van der Waals surface area contributed by atoms with Crippen molar-refractivity contribution >= 4 is 45.1 Å². The number of hydrogen-bond acceptors (Lipinski definition) is 6. The summed E-state index contributed by atoms with van der Waals surface area (Å²) in [4.78, 5) is 23.5. The van der Waals surface area contributed by atoms with Crippen LogP contribution in [0, 0.1) is 5.41 Å². The Hall–Kier alpha value is -0.384. The molecule has 0 spiro atoms. The number of carboxylic acid groups (broad SMARTS) is 2. The van der Waals surface area contributed by atoms with Crippen molar-refractivity contribution in [2.45, 2.75) is 109 Å². The molecule has 0 aliphatic heterocycles. The molecule has 1 unspecified atom stereocenters. The molecule has 29 heavy (non-hydrogen) atoms. The minimum atomic E-state index is -5.15. The minimum absolute atomic E-state index is 0. The third kappa shape index (κ3) is 11.5. The van der Waals surface area contributed by atoms with Crippen LogP contribution < -0.4 is 10.2 Å². The summed E-state index contributed by atoms with van der Waals surface area (Å²) in [6.07, 6.45) is 9.57. The summed E-state index contributed by atoms with van der Waals surface area (Å²) in [6.45, 7) is 4.14. The predicted octanol–water partition coefficient (Wildman–Crippen LogP) is 1.85. The van der Waals surface area contributed by atoms with E-state index in [1.807, 2.05) is 0 Å². The van der Waals surface area contributed by atoms with Gasteiger partial charge in [0.05, 0.1) is 5.97 Å². The van der Waals surface area contributed by atoms with Crippen LogP contribution in [-0.2, 0) is 19.7 Å². The van der Waals surface area contributed by atoms with Gasteiger partial charge in [-0.1, -0.05) is 90.9 Å². The van der Waals surface area contributed by atoms with E-state index < -0.39 is 32.7 Å². The average Bonchev–Trinajstić information content (AvgIpc) is 2.58. The van der Waals surface area contributed by atoms with Gasteiger partial charge < -0.3 is 19.8 Å². The Balaban J connectivity index is 0. The average molecular weight is 445 g/mol. The summed E-state index contributed by atoms with van der Waals surface area (Å²) in [5.41, 5.74) is -2.18. The molecule has 166 valence electrons. The van der Waals surface area contributed by atoms with Crippen LogP contribution in [0.2, 0.25) is 0 Å². The number of aliphatic carboxylic acids is 2. The molecular weight excluding hydrogens is 409 g/mol. The van der Waals surface area contributed by atoms with Crippen LogP contribution in [0.5, 0.6) is 0 Å². The maximum absolute atomic E-state index is 12.0. The quantitative estimate of drug-likeness (QED) is 0.193. The van der Waals surface area contributed by atoms with E-state index in [1.54, 1.807) is 0 Å². The van der Waals surface area contributed by atoms with Crippen molar-refractivity contribution in [3.8, 4) is 0 Å². The Morgan fingerprint density at radius 3 is 1.41 bits per heavy atom. The molecule has 0 aliphatic rings. The van der Waals surface area contributed by atoms with E-state index in [2.05, 4.69) is 13.8 Å². The standard InChI is InChI=1S/C20H38O7S.Mg/c1-3-5-7-9-11-13-15-20(19(23)24,16-14-12-10-8-6-4-2)17(18(21)22)28(25,26)27;/h17H,3-16H2,1-2H3,(H,21,22)(H,23,24)(H,25,26,27);/q;+2/p-2. The topological polar surface area (TPSA) is 135 Å². The first-order chi connectivity index (χ1) is 13.1. The van der Waals surface area contributed by atoms with Gasteiger partial charge in [-0.05, 0) is 12.8 Å². The third-order valence-corrected chi connectivity index (χ3v) is 6.61. The second kappa shape index (κ2) is 16.3. The summed E-state index contributed by atoms with van der Waals surface area (Å²) >= 11 is 0. The molecule has 0 rings (SSSR count). The summed E-state index contributed by atoms with van der Waals surface area (Å²) < 4.78 is 32.9. The van der Waals surface area contributed by atoms with Crippen molar-refractivity contribution in [1.29, 1.82) is 0 Å². The Morgan fingerprint density at radius 1 is 0.793 bits per heavy atom. The van der Waals surface area contributed by atoms with Gasteiger partial charge in [0.25, 0.3) is 10.1 Å².